The van der Waals surface area contributed by atoms with Gasteiger partial charge in [-0.1, -0.05) is 0 Å². The average molecular weight is 199 g/mol. The lowest BCUT2D eigenvalue weighted by Crippen LogP contribution is -2.41. The lowest BCUT2D eigenvalue weighted by atomic mass is 10.2. The van der Waals surface area contributed by atoms with Crippen LogP contribution >= 0.6 is 0 Å². The summed E-state index contributed by atoms with van der Waals surface area (Å²) in [5.41, 5.74) is 0. The third-order valence-electron chi connectivity index (χ3n) is 2.77. The summed E-state index contributed by atoms with van der Waals surface area (Å²) in [6, 6.07) is -0.821. The van der Waals surface area contributed by atoms with Gasteiger partial charge in [0.2, 0.25) is 5.91 Å². The maximum Gasteiger partial charge on any atom is 0.326 e. The van der Waals surface area contributed by atoms with E-state index < -0.39 is 18.1 Å². The molecule has 1 saturated carbocycles. The second-order valence-electron chi connectivity index (χ2n) is 4.01. The van der Waals surface area contributed by atoms with Gasteiger partial charge >= 0.3 is 5.97 Å². The molecule has 2 aliphatic rings. The van der Waals surface area contributed by atoms with Gasteiger partial charge in [-0.2, -0.15) is 0 Å². The highest BCUT2D eigenvalue weighted by molar-refractivity contribution is 5.87. The first-order valence-corrected chi connectivity index (χ1v) is 4.81. The molecule has 14 heavy (non-hydrogen) atoms. The average Bonchev–Trinajstić information content (AvgIpc) is 2.87. The third-order valence-corrected chi connectivity index (χ3v) is 2.77. The van der Waals surface area contributed by atoms with E-state index in [9.17, 15) is 14.7 Å². The van der Waals surface area contributed by atoms with E-state index in [1.807, 2.05) is 0 Å². The number of hydrogen-bond donors (Lipinski definition) is 2. The molecule has 1 amide bonds. The number of carboxylic acids is 1. The minimum absolute atomic E-state index is 0.0159. The van der Waals surface area contributed by atoms with E-state index in [1.54, 1.807) is 0 Å². The smallest absolute Gasteiger partial charge is 0.326 e. The molecule has 0 aromatic carbocycles. The summed E-state index contributed by atoms with van der Waals surface area (Å²) < 4.78 is 0. The molecule has 1 saturated heterocycles. The summed E-state index contributed by atoms with van der Waals surface area (Å²) in [4.78, 5) is 23.7. The van der Waals surface area contributed by atoms with Crippen LogP contribution in [0.1, 0.15) is 19.3 Å². The van der Waals surface area contributed by atoms with Crippen molar-refractivity contribution in [3.63, 3.8) is 0 Å². The maximum absolute atomic E-state index is 11.6. The largest absolute Gasteiger partial charge is 0.480 e. The van der Waals surface area contributed by atoms with Crippen LogP contribution in [0.2, 0.25) is 0 Å². The fourth-order valence-corrected chi connectivity index (χ4v) is 1.86. The van der Waals surface area contributed by atoms with Crippen LogP contribution in [0.5, 0.6) is 0 Å². The molecule has 1 aliphatic heterocycles. The quantitative estimate of drug-likeness (QED) is 0.625. The Labute approximate surface area is 81.3 Å². The molecule has 0 radical (unpaired) electrons. The second kappa shape index (κ2) is 3.24. The number of aliphatic hydroxyl groups is 1. The predicted octanol–water partition coefficient (Wildman–Crippen LogP) is -0.557. The van der Waals surface area contributed by atoms with E-state index in [1.165, 1.54) is 4.90 Å². The normalized spacial score (nSPS) is 31.9. The molecule has 0 unspecified atom stereocenters. The van der Waals surface area contributed by atoms with Crippen molar-refractivity contribution in [2.45, 2.75) is 31.4 Å². The van der Waals surface area contributed by atoms with Gasteiger partial charge in [-0.15, -0.1) is 0 Å². The molecule has 5 heteroatoms. The number of carbonyl (C=O) groups excluding carboxylic acids is 1. The standard InChI is InChI=1S/C9H13NO4/c11-6-3-7(9(13)14)10(4-6)8(12)5-1-2-5/h5-7,11H,1-4H2,(H,13,14)/t6-,7-/m1/s1. The van der Waals surface area contributed by atoms with E-state index in [4.69, 9.17) is 5.11 Å². The molecular formula is C9H13NO4. The molecule has 1 heterocycles. The Morgan fingerprint density at radius 2 is 1.93 bits per heavy atom. The number of aliphatic carboxylic acids is 1. The fourth-order valence-electron chi connectivity index (χ4n) is 1.86. The Hall–Kier alpha value is -1.10. The number of carbonyl (C=O) groups is 2. The van der Waals surface area contributed by atoms with Gasteiger partial charge in [-0.3, -0.25) is 4.79 Å². The van der Waals surface area contributed by atoms with E-state index >= 15 is 0 Å². The number of β-amino-alcohol motifs (C(OH)–C–C–N with tert-alkyl or cyclic N) is 1. The molecule has 0 spiro atoms. The summed E-state index contributed by atoms with van der Waals surface area (Å²) in [6.45, 7) is 0.173. The number of carboxylic acid groups (broad SMARTS) is 1. The Balaban J connectivity index is 2.07. The topological polar surface area (TPSA) is 77.8 Å². The predicted molar refractivity (Wildman–Crippen MR) is 46.5 cm³/mol. The van der Waals surface area contributed by atoms with E-state index in [0.29, 0.717) is 0 Å². The number of hydrogen-bond acceptors (Lipinski definition) is 3. The second-order valence-corrected chi connectivity index (χ2v) is 4.01. The molecule has 2 rings (SSSR count). The van der Waals surface area contributed by atoms with Crippen LogP contribution in [-0.2, 0) is 9.59 Å². The summed E-state index contributed by atoms with van der Waals surface area (Å²) in [6.07, 6.45) is 1.20. The highest BCUT2D eigenvalue weighted by atomic mass is 16.4. The van der Waals surface area contributed by atoms with Crippen molar-refractivity contribution in [3.05, 3.63) is 0 Å². The first-order valence-electron chi connectivity index (χ1n) is 4.81. The van der Waals surface area contributed by atoms with Crippen molar-refractivity contribution in [2.24, 2.45) is 5.92 Å². The van der Waals surface area contributed by atoms with Crippen LogP contribution in [0, 0.1) is 5.92 Å². The Morgan fingerprint density at radius 1 is 1.29 bits per heavy atom. The maximum atomic E-state index is 11.6. The van der Waals surface area contributed by atoms with Crippen molar-refractivity contribution in [3.8, 4) is 0 Å². The first-order chi connectivity index (χ1) is 6.59. The highest BCUT2D eigenvalue weighted by Gasteiger charge is 2.43. The van der Waals surface area contributed by atoms with Gasteiger partial charge in [0.25, 0.3) is 0 Å². The number of nitrogens with zero attached hydrogens (tertiary/aromatic N) is 1. The lowest BCUT2D eigenvalue weighted by molar-refractivity contribution is -0.148. The van der Waals surface area contributed by atoms with Gasteiger partial charge in [0.15, 0.2) is 0 Å². The van der Waals surface area contributed by atoms with Crippen LogP contribution in [-0.4, -0.2) is 45.7 Å². The molecule has 0 aromatic rings. The molecule has 2 fully saturated rings. The molecule has 1 aliphatic carbocycles. The zero-order valence-corrected chi connectivity index (χ0v) is 7.72. The van der Waals surface area contributed by atoms with E-state index in [-0.39, 0.29) is 24.8 Å². The summed E-state index contributed by atoms with van der Waals surface area (Å²) in [5, 5.41) is 18.2. The molecule has 78 valence electrons. The molecule has 5 nitrogen and oxygen atoms in total. The lowest BCUT2D eigenvalue weighted by Gasteiger charge is -2.20. The van der Waals surface area contributed by atoms with Crippen LogP contribution in [0.25, 0.3) is 0 Å². The van der Waals surface area contributed by atoms with E-state index in [2.05, 4.69) is 0 Å². The zero-order chi connectivity index (χ0) is 10.3. The number of amides is 1. The third kappa shape index (κ3) is 1.59. The van der Waals surface area contributed by atoms with Crippen molar-refractivity contribution in [1.82, 2.24) is 4.90 Å². The Bertz CT molecular complexity index is 274. The molecular weight excluding hydrogens is 186 g/mol. The van der Waals surface area contributed by atoms with Crippen molar-refractivity contribution in [1.29, 1.82) is 0 Å². The van der Waals surface area contributed by atoms with Crippen LogP contribution in [0.3, 0.4) is 0 Å². The number of aliphatic hydroxyl groups excluding tert-OH is 1. The van der Waals surface area contributed by atoms with Gasteiger partial charge in [-0.05, 0) is 12.8 Å². The molecule has 0 aromatic heterocycles. The summed E-state index contributed by atoms with van der Waals surface area (Å²) in [7, 11) is 0. The van der Waals surface area contributed by atoms with Gasteiger partial charge in [0.05, 0.1) is 6.10 Å². The van der Waals surface area contributed by atoms with Crippen molar-refractivity contribution >= 4 is 11.9 Å². The minimum atomic E-state index is -1.02. The van der Waals surface area contributed by atoms with Crippen molar-refractivity contribution in [2.75, 3.05) is 6.54 Å². The highest BCUT2D eigenvalue weighted by Crippen LogP contribution is 2.33. The summed E-state index contributed by atoms with van der Waals surface area (Å²) in [5.74, 6) is -1.10. The van der Waals surface area contributed by atoms with Gasteiger partial charge < -0.3 is 15.1 Å². The number of rotatable bonds is 2. The fraction of sp³-hybridized carbons (Fsp3) is 0.778. The van der Waals surface area contributed by atoms with Crippen LogP contribution in [0.4, 0.5) is 0 Å². The van der Waals surface area contributed by atoms with Gasteiger partial charge in [0.1, 0.15) is 6.04 Å². The molecule has 2 N–H and O–H groups in total. The molecule has 0 bridgehead atoms. The van der Waals surface area contributed by atoms with Gasteiger partial charge in [-0.25, -0.2) is 4.79 Å². The monoisotopic (exact) mass is 199 g/mol. The Kier molecular flexibility index (Phi) is 2.19. The van der Waals surface area contributed by atoms with E-state index in [0.717, 1.165) is 12.8 Å². The van der Waals surface area contributed by atoms with Crippen LogP contribution < -0.4 is 0 Å². The van der Waals surface area contributed by atoms with Gasteiger partial charge in [0, 0.05) is 18.9 Å². The number of likely N-dealkylation sites (tertiary alicyclic amines) is 1. The summed E-state index contributed by atoms with van der Waals surface area (Å²) >= 11 is 0. The van der Waals surface area contributed by atoms with Crippen molar-refractivity contribution < 1.29 is 19.8 Å². The first kappa shape index (κ1) is 9.45. The van der Waals surface area contributed by atoms with Crippen LogP contribution in [0.15, 0.2) is 0 Å². The minimum Gasteiger partial charge on any atom is -0.480 e. The Morgan fingerprint density at radius 3 is 2.43 bits per heavy atom. The molecule has 2 atom stereocenters. The zero-order valence-electron chi connectivity index (χ0n) is 7.72. The SMILES string of the molecule is O=C(O)[C@H]1C[C@@H](O)CN1C(=O)C1CC1.